The minimum atomic E-state index is -0.335. The van der Waals surface area contributed by atoms with Crippen LogP contribution < -0.4 is 10.5 Å². The third-order valence-corrected chi connectivity index (χ3v) is 4.54. The van der Waals surface area contributed by atoms with Crippen LogP contribution in [0.1, 0.15) is 39.2 Å². The van der Waals surface area contributed by atoms with E-state index in [4.69, 9.17) is 0 Å². The van der Waals surface area contributed by atoms with E-state index < -0.39 is 0 Å². The van der Waals surface area contributed by atoms with Crippen molar-refractivity contribution in [2.75, 3.05) is 11.4 Å². The highest BCUT2D eigenvalue weighted by atomic mass is 16.2. The minimum Gasteiger partial charge on any atom is -0.308 e. The summed E-state index contributed by atoms with van der Waals surface area (Å²) in [5.74, 6) is -0.222. The summed E-state index contributed by atoms with van der Waals surface area (Å²) in [6.07, 6.45) is 1.87. The standard InChI is InChI=1S/C18H21N3O2/c1-11-7-8-14-6-5-9-21(15(14)10-11)18(23)16-12(2)13(3)19-20(4)17(16)22/h7-8,10H,5-6,9H2,1-4H3. The van der Waals surface area contributed by atoms with Gasteiger partial charge in [-0.05, 0) is 56.4 Å². The summed E-state index contributed by atoms with van der Waals surface area (Å²) in [5, 5.41) is 4.15. The maximum atomic E-state index is 13.1. The number of carbonyl (C=O) groups is 1. The van der Waals surface area contributed by atoms with Gasteiger partial charge in [0.05, 0.1) is 5.69 Å². The van der Waals surface area contributed by atoms with Gasteiger partial charge < -0.3 is 4.90 Å². The van der Waals surface area contributed by atoms with Crippen molar-refractivity contribution in [3.8, 4) is 0 Å². The number of fused-ring (bicyclic) bond motifs is 1. The number of benzene rings is 1. The van der Waals surface area contributed by atoms with E-state index in [2.05, 4.69) is 17.2 Å². The SMILES string of the molecule is Cc1ccc2c(c1)N(C(=O)c1c(C)c(C)nn(C)c1=O)CCC2. The van der Waals surface area contributed by atoms with Crippen LogP contribution in [-0.4, -0.2) is 22.2 Å². The molecular formula is C18H21N3O2. The predicted octanol–water partition coefficient (Wildman–Crippen LogP) is 2.30. The van der Waals surface area contributed by atoms with Crippen LogP contribution >= 0.6 is 0 Å². The van der Waals surface area contributed by atoms with Gasteiger partial charge in [-0.25, -0.2) is 4.68 Å². The van der Waals surface area contributed by atoms with E-state index in [1.807, 2.05) is 19.9 Å². The number of carbonyl (C=O) groups excluding carboxylic acids is 1. The second-order valence-electron chi connectivity index (χ2n) is 6.21. The second kappa shape index (κ2) is 5.65. The minimum absolute atomic E-state index is 0.222. The van der Waals surface area contributed by atoms with E-state index in [9.17, 15) is 9.59 Å². The van der Waals surface area contributed by atoms with Crippen LogP contribution in [0.25, 0.3) is 0 Å². The number of hydrogen-bond acceptors (Lipinski definition) is 3. The van der Waals surface area contributed by atoms with Crippen LogP contribution in [0.3, 0.4) is 0 Å². The fourth-order valence-corrected chi connectivity index (χ4v) is 3.13. The smallest absolute Gasteiger partial charge is 0.279 e. The second-order valence-corrected chi connectivity index (χ2v) is 6.21. The van der Waals surface area contributed by atoms with Crippen molar-refractivity contribution in [3.63, 3.8) is 0 Å². The van der Waals surface area contributed by atoms with Crippen LogP contribution in [0.2, 0.25) is 0 Å². The van der Waals surface area contributed by atoms with Crippen molar-refractivity contribution >= 4 is 11.6 Å². The molecule has 1 amide bonds. The lowest BCUT2D eigenvalue weighted by molar-refractivity contribution is 0.0982. The topological polar surface area (TPSA) is 55.2 Å². The molecule has 0 saturated heterocycles. The molecule has 0 bridgehead atoms. The Balaban J connectivity index is 2.14. The number of nitrogens with zero attached hydrogens (tertiary/aromatic N) is 3. The zero-order valence-electron chi connectivity index (χ0n) is 14.0. The Morgan fingerprint density at radius 2 is 1.96 bits per heavy atom. The van der Waals surface area contributed by atoms with Crippen LogP contribution in [0, 0.1) is 20.8 Å². The first kappa shape index (κ1) is 15.5. The Morgan fingerprint density at radius 1 is 1.22 bits per heavy atom. The number of amides is 1. The van der Waals surface area contributed by atoms with Gasteiger partial charge >= 0.3 is 0 Å². The maximum absolute atomic E-state index is 13.1. The number of aromatic nitrogens is 2. The molecule has 0 saturated carbocycles. The quantitative estimate of drug-likeness (QED) is 0.812. The summed E-state index contributed by atoms with van der Waals surface area (Å²) in [6.45, 7) is 6.26. The molecule has 0 radical (unpaired) electrons. The molecule has 5 nitrogen and oxygen atoms in total. The Morgan fingerprint density at radius 3 is 2.70 bits per heavy atom. The van der Waals surface area contributed by atoms with E-state index in [1.54, 1.807) is 18.9 Å². The molecule has 1 aromatic carbocycles. The fraction of sp³-hybridized carbons (Fsp3) is 0.389. The third-order valence-electron chi connectivity index (χ3n) is 4.54. The van der Waals surface area contributed by atoms with Crippen LogP contribution in [0.15, 0.2) is 23.0 Å². The first-order valence-corrected chi connectivity index (χ1v) is 7.86. The molecule has 1 aromatic heterocycles. The largest absolute Gasteiger partial charge is 0.308 e. The van der Waals surface area contributed by atoms with Gasteiger partial charge in [0.25, 0.3) is 11.5 Å². The first-order valence-electron chi connectivity index (χ1n) is 7.86. The predicted molar refractivity (Wildman–Crippen MR) is 90.1 cm³/mol. The molecule has 23 heavy (non-hydrogen) atoms. The van der Waals surface area contributed by atoms with Crippen molar-refractivity contribution in [1.82, 2.24) is 9.78 Å². The van der Waals surface area contributed by atoms with Gasteiger partial charge in [-0.1, -0.05) is 12.1 Å². The molecule has 0 atom stereocenters. The van der Waals surface area contributed by atoms with Crippen molar-refractivity contribution in [1.29, 1.82) is 0 Å². The summed E-state index contributed by atoms with van der Waals surface area (Å²) >= 11 is 0. The highest BCUT2D eigenvalue weighted by molar-refractivity contribution is 6.07. The molecule has 0 spiro atoms. The number of anilines is 1. The highest BCUT2D eigenvalue weighted by Gasteiger charge is 2.27. The number of rotatable bonds is 1. The average Bonchev–Trinajstić information content (AvgIpc) is 2.52. The molecule has 0 fully saturated rings. The van der Waals surface area contributed by atoms with Crippen molar-refractivity contribution < 1.29 is 4.79 Å². The zero-order chi connectivity index (χ0) is 16.7. The summed E-state index contributed by atoms with van der Waals surface area (Å²) < 4.78 is 1.25. The van der Waals surface area contributed by atoms with Gasteiger partial charge in [-0.2, -0.15) is 5.10 Å². The van der Waals surface area contributed by atoms with E-state index in [-0.39, 0.29) is 17.0 Å². The van der Waals surface area contributed by atoms with E-state index in [0.29, 0.717) is 17.8 Å². The van der Waals surface area contributed by atoms with Crippen LogP contribution in [-0.2, 0) is 13.5 Å². The van der Waals surface area contributed by atoms with Gasteiger partial charge in [0.1, 0.15) is 5.56 Å². The van der Waals surface area contributed by atoms with Gasteiger partial charge in [-0.3, -0.25) is 9.59 Å². The molecule has 2 heterocycles. The lowest BCUT2D eigenvalue weighted by Crippen LogP contribution is -2.40. The average molecular weight is 311 g/mol. The molecule has 2 aromatic rings. The van der Waals surface area contributed by atoms with Crippen molar-refractivity contribution in [2.45, 2.75) is 33.6 Å². The van der Waals surface area contributed by atoms with E-state index in [0.717, 1.165) is 29.7 Å². The molecule has 3 rings (SSSR count). The lowest BCUT2D eigenvalue weighted by atomic mass is 9.98. The molecule has 5 heteroatoms. The van der Waals surface area contributed by atoms with Gasteiger partial charge in [0, 0.05) is 19.3 Å². The Bertz CT molecular complexity index is 852. The Hall–Kier alpha value is -2.43. The van der Waals surface area contributed by atoms with Crippen molar-refractivity contribution in [2.24, 2.45) is 7.05 Å². The summed E-state index contributed by atoms with van der Waals surface area (Å²) in [5.41, 5.74) is 4.47. The molecule has 0 unspecified atom stereocenters. The van der Waals surface area contributed by atoms with E-state index >= 15 is 0 Å². The Kier molecular flexibility index (Phi) is 3.80. The highest BCUT2D eigenvalue weighted by Crippen LogP contribution is 2.29. The molecule has 0 N–H and O–H groups in total. The van der Waals surface area contributed by atoms with Crippen LogP contribution in [0.5, 0.6) is 0 Å². The molecular weight excluding hydrogens is 290 g/mol. The molecule has 0 aliphatic carbocycles. The van der Waals surface area contributed by atoms with Gasteiger partial charge in [0.15, 0.2) is 0 Å². The maximum Gasteiger partial charge on any atom is 0.279 e. The molecule has 1 aliphatic heterocycles. The first-order chi connectivity index (χ1) is 10.9. The van der Waals surface area contributed by atoms with Crippen molar-refractivity contribution in [3.05, 3.63) is 56.5 Å². The van der Waals surface area contributed by atoms with E-state index in [1.165, 1.54) is 4.68 Å². The summed E-state index contributed by atoms with van der Waals surface area (Å²) in [4.78, 5) is 27.3. The zero-order valence-corrected chi connectivity index (χ0v) is 14.0. The monoisotopic (exact) mass is 311 g/mol. The Labute approximate surface area is 135 Å². The number of aryl methyl sites for hydroxylation is 4. The van der Waals surface area contributed by atoms with Crippen LogP contribution in [0.4, 0.5) is 5.69 Å². The lowest BCUT2D eigenvalue weighted by Gasteiger charge is -2.30. The van der Waals surface area contributed by atoms with Gasteiger partial charge in [-0.15, -0.1) is 0 Å². The molecule has 120 valence electrons. The third kappa shape index (κ3) is 2.56. The fourth-order valence-electron chi connectivity index (χ4n) is 3.13. The number of hydrogen-bond donors (Lipinski definition) is 0. The summed E-state index contributed by atoms with van der Waals surface area (Å²) in [6, 6.07) is 6.17. The normalized spacial score (nSPS) is 13.8. The van der Waals surface area contributed by atoms with Gasteiger partial charge in [0.2, 0.25) is 0 Å². The summed E-state index contributed by atoms with van der Waals surface area (Å²) in [7, 11) is 1.58. The molecule has 1 aliphatic rings.